The molecule has 0 saturated carbocycles. The van der Waals surface area contributed by atoms with Crippen molar-refractivity contribution < 1.29 is 18.5 Å². The number of anilines is 1. The van der Waals surface area contributed by atoms with Crippen molar-refractivity contribution in [2.45, 2.75) is 0 Å². The van der Waals surface area contributed by atoms with Crippen LogP contribution in [0.25, 0.3) is 0 Å². The lowest BCUT2D eigenvalue weighted by atomic mass is 10.3. The number of carbonyl (C=O) groups is 1. The highest BCUT2D eigenvalue weighted by atomic mass is 19.1. The topological polar surface area (TPSA) is 77.2 Å². The number of halogens is 2. The molecule has 20 heavy (non-hydrogen) atoms. The van der Waals surface area contributed by atoms with Crippen molar-refractivity contribution in [1.82, 2.24) is 4.57 Å². The van der Waals surface area contributed by atoms with Crippen LogP contribution in [0.5, 0.6) is 0 Å². The fraction of sp³-hybridized carbons (Fsp3) is 0.0833. The molecule has 0 bridgehead atoms. The van der Waals surface area contributed by atoms with E-state index < -0.39 is 22.5 Å². The molecule has 1 amide bonds. The Morgan fingerprint density at radius 2 is 1.85 bits per heavy atom. The Labute approximate surface area is 111 Å². The number of carbonyl (C=O) groups excluding carboxylic acids is 1. The summed E-state index contributed by atoms with van der Waals surface area (Å²) in [5.74, 6) is -2.37. The van der Waals surface area contributed by atoms with E-state index in [0.717, 1.165) is 18.2 Å². The Hall–Kier alpha value is -2.77. The number of hydrogen-bond acceptors (Lipinski definition) is 3. The molecular formula is C12H9F2N3O3. The molecule has 2 aromatic rings. The molecular weight excluding hydrogens is 272 g/mol. The van der Waals surface area contributed by atoms with E-state index in [4.69, 9.17) is 0 Å². The van der Waals surface area contributed by atoms with Crippen molar-refractivity contribution in [3.05, 3.63) is 57.9 Å². The van der Waals surface area contributed by atoms with Gasteiger partial charge in [-0.15, -0.1) is 0 Å². The monoisotopic (exact) mass is 281 g/mol. The van der Waals surface area contributed by atoms with E-state index in [1.807, 2.05) is 0 Å². The summed E-state index contributed by atoms with van der Waals surface area (Å²) in [5, 5.41) is 12.9. The quantitative estimate of drug-likeness (QED) is 0.693. The number of benzene rings is 1. The second kappa shape index (κ2) is 5.08. The van der Waals surface area contributed by atoms with Crippen LogP contribution in [0.1, 0.15) is 10.5 Å². The van der Waals surface area contributed by atoms with Gasteiger partial charge in [0.1, 0.15) is 17.3 Å². The second-order valence-corrected chi connectivity index (χ2v) is 4.06. The fourth-order valence-electron chi connectivity index (χ4n) is 1.69. The minimum atomic E-state index is -0.835. The van der Waals surface area contributed by atoms with Crippen molar-refractivity contribution in [2.24, 2.45) is 7.05 Å². The van der Waals surface area contributed by atoms with Gasteiger partial charge in [0, 0.05) is 24.9 Å². The van der Waals surface area contributed by atoms with Gasteiger partial charge in [0.2, 0.25) is 0 Å². The maximum absolute atomic E-state index is 13.0. The largest absolute Gasteiger partial charge is 0.340 e. The van der Waals surface area contributed by atoms with E-state index in [1.165, 1.54) is 17.8 Å². The van der Waals surface area contributed by atoms with Crippen LogP contribution in [-0.2, 0) is 7.05 Å². The number of nitro groups is 1. The van der Waals surface area contributed by atoms with Gasteiger partial charge in [0.15, 0.2) is 0 Å². The molecule has 0 spiro atoms. The van der Waals surface area contributed by atoms with Crippen molar-refractivity contribution in [1.29, 1.82) is 0 Å². The zero-order valence-corrected chi connectivity index (χ0v) is 10.3. The smallest absolute Gasteiger partial charge is 0.287 e. The normalized spacial score (nSPS) is 10.3. The summed E-state index contributed by atoms with van der Waals surface area (Å²) in [7, 11) is 1.45. The summed E-state index contributed by atoms with van der Waals surface area (Å²) >= 11 is 0. The van der Waals surface area contributed by atoms with Crippen molar-refractivity contribution in [3.63, 3.8) is 0 Å². The maximum atomic E-state index is 13.0. The lowest BCUT2D eigenvalue weighted by Crippen LogP contribution is -2.15. The van der Waals surface area contributed by atoms with E-state index in [1.54, 1.807) is 0 Å². The van der Waals surface area contributed by atoms with Gasteiger partial charge in [-0.25, -0.2) is 8.78 Å². The van der Waals surface area contributed by atoms with E-state index in [0.29, 0.717) is 6.07 Å². The van der Waals surface area contributed by atoms with Crippen LogP contribution < -0.4 is 5.32 Å². The number of rotatable bonds is 3. The highest BCUT2D eigenvalue weighted by molar-refractivity contribution is 6.03. The molecule has 0 saturated heterocycles. The molecule has 6 nitrogen and oxygen atoms in total. The number of nitrogens with one attached hydrogen (secondary N) is 1. The van der Waals surface area contributed by atoms with Crippen molar-refractivity contribution in [3.8, 4) is 0 Å². The van der Waals surface area contributed by atoms with Gasteiger partial charge >= 0.3 is 0 Å². The van der Waals surface area contributed by atoms with Crippen LogP contribution in [0.4, 0.5) is 20.2 Å². The minimum absolute atomic E-state index is 0.00127. The minimum Gasteiger partial charge on any atom is -0.340 e. The molecule has 0 radical (unpaired) electrons. The van der Waals surface area contributed by atoms with Crippen LogP contribution in [0.15, 0.2) is 30.5 Å². The van der Waals surface area contributed by atoms with E-state index in [9.17, 15) is 23.7 Å². The summed E-state index contributed by atoms with van der Waals surface area (Å²) in [4.78, 5) is 21.9. The molecule has 8 heteroatoms. The molecule has 0 unspecified atom stereocenters. The van der Waals surface area contributed by atoms with Crippen LogP contribution in [0.2, 0.25) is 0 Å². The summed E-state index contributed by atoms with van der Waals surface area (Å²) < 4.78 is 27.2. The van der Waals surface area contributed by atoms with Gasteiger partial charge < -0.3 is 9.88 Å². The molecule has 1 aromatic heterocycles. The summed E-state index contributed by atoms with van der Waals surface area (Å²) in [6.45, 7) is 0. The molecule has 1 N–H and O–H groups in total. The van der Waals surface area contributed by atoms with Gasteiger partial charge in [0.05, 0.1) is 11.1 Å². The van der Waals surface area contributed by atoms with Gasteiger partial charge in [-0.05, 0) is 12.1 Å². The highest BCUT2D eigenvalue weighted by Gasteiger charge is 2.18. The third kappa shape index (κ3) is 2.79. The second-order valence-electron chi connectivity index (χ2n) is 4.06. The number of nitrogens with zero attached hydrogens (tertiary/aromatic N) is 2. The average molecular weight is 281 g/mol. The molecule has 1 heterocycles. The molecule has 0 fully saturated rings. The van der Waals surface area contributed by atoms with Crippen molar-refractivity contribution >= 4 is 17.3 Å². The van der Waals surface area contributed by atoms with Crippen LogP contribution in [0, 0.1) is 21.7 Å². The Morgan fingerprint density at radius 1 is 1.25 bits per heavy atom. The first-order valence-corrected chi connectivity index (χ1v) is 5.45. The van der Waals surface area contributed by atoms with E-state index in [2.05, 4.69) is 5.32 Å². The lowest BCUT2D eigenvalue weighted by Gasteiger charge is -2.06. The lowest BCUT2D eigenvalue weighted by molar-refractivity contribution is -0.384. The van der Waals surface area contributed by atoms with Gasteiger partial charge in [0.25, 0.3) is 11.6 Å². The molecule has 0 aliphatic rings. The first-order valence-electron chi connectivity index (χ1n) is 5.45. The summed E-state index contributed by atoms with van der Waals surface area (Å²) in [6.07, 6.45) is 1.17. The fourth-order valence-corrected chi connectivity index (χ4v) is 1.69. The third-order valence-electron chi connectivity index (χ3n) is 2.55. The third-order valence-corrected chi connectivity index (χ3v) is 2.55. The number of aromatic nitrogens is 1. The zero-order valence-electron chi connectivity index (χ0n) is 10.3. The Morgan fingerprint density at radius 3 is 2.35 bits per heavy atom. The first-order chi connectivity index (χ1) is 9.36. The van der Waals surface area contributed by atoms with Crippen LogP contribution in [-0.4, -0.2) is 15.4 Å². The first kappa shape index (κ1) is 13.7. The van der Waals surface area contributed by atoms with Crippen LogP contribution >= 0.6 is 0 Å². The van der Waals surface area contributed by atoms with Gasteiger partial charge in [-0.2, -0.15) is 0 Å². The van der Waals surface area contributed by atoms with E-state index in [-0.39, 0.29) is 17.1 Å². The predicted octanol–water partition coefficient (Wildman–Crippen LogP) is 2.46. The summed E-state index contributed by atoms with van der Waals surface area (Å²) in [6, 6.07) is 3.63. The molecule has 0 aliphatic heterocycles. The van der Waals surface area contributed by atoms with Gasteiger partial charge in [-0.1, -0.05) is 0 Å². The Balaban J connectivity index is 2.26. The molecule has 0 aliphatic carbocycles. The summed E-state index contributed by atoms with van der Waals surface area (Å²) in [5.41, 5.74) is -0.319. The number of amides is 1. The molecule has 104 valence electrons. The number of hydrogen-bond donors (Lipinski definition) is 1. The average Bonchev–Trinajstić information content (AvgIpc) is 2.70. The Bertz CT molecular complexity index is 677. The zero-order chi connectivity index (χ0) is 14.9. The SMILES string of the molecule is Cn1cc([N+](=O)[O-])cc1C(=O)Nc1cc(F)cc(F)c1. The highest BCUT2D eigenvalue weighted by Crippen LogP contribution is 2.18. The molecule has 2 rings (SSSR count). The van der Waals surface area contributed by atoms with Gasteiger partial charge in [-0.3, -0.25) is 14.9 Å². The number of aryl methyl sites for hydroxylation is 1. The van der Waals surface area contributed by atoms with Crippen LogP contribution in [0.3, 0.4) is 0 Å². The molecule has 0 atom stereocenters. The van der Waals surface area contributed by atoms with Crippen molar-refractivity contribution in [2.75, 3.05) is 5.32 Å². The standard InChI is InChI=1S/C12H9F2N3O3/c1-16-6-10(17(19)20)5-11(16)12(18)15-9-3-7(13)2-8(14)4-9/h2-6H,1H3,(H,15,18). The Kier molecular flexibility index (Phi) is 3.47. The molecule has 1 aromatic carbocycles. The predicted molar refractivity (Wildman–Crippen MR) is 66.4 cm³/mol. The van der Waals surface area contributed by atoms with E-state index >= 15 is 0 Å². The maximum Gasteiger partial charge on any atom is 0.287 e.